The van der Waals surface area contributed by atoms with E-state index in [9.17, 15) is 8.42 Å². The normalized spacial score (nSPS) is 16.0. The summed E-state index contributed by atoms with van der Waals surface area (Å²) in [5, 5.41) is 0.941. The Morgan fingerprint density at radius 1 is 1.11 bits per heavy atom. The van der Waals surface area contributed by atoms with E-state index in [4.69, 9.17) is 4.74 Å². The molecule has 0 unspecified atom stereocenters. The fraction of sp³-hybridized carbons (Fsp3) is 0.286. The third kappa shape index (κ3) is 3.55. The lowest BCUT2D eigenvalue weighted by molar-refractivity contribution is 0.223. The van der Waals surface area contributed by atoms with Gasteiger partial charge in [0, 0.05) is 11.6 Å². The van der Waals surface area contributed by atoms with Crippen LogP contribution in [0.5, 0.6) is 5.75 Å². The zero-order valence-corrected chi connectivity index (χ0v) is 16.0. The lowest BCUT2D eigenvalue weighted by Crippen LogP contribution is -2.51. The highest BCUT2D eigenvalue weighted by molar-refractivity contribution is 7.88. The molecule has 3 aromatic rings. The predicted octanol–water partition coefficient (Wildman–Crippen LogP) is 3.74. The number of nitrogens with one attached hydrogen (secondary N) is 1. The van der Waals surface area contributed by atoms with Gasteiger partial charge in [0.15, 0.2) is 0 Å². The molecule has 0 amide bonds. The van der Waals surface area contributed by atoms with Crippen molar-refractivity contribution in [2.75, 3.05) is 7.11 Å². The molecule has 1 heterocycles. The highest BCUT2D eigenvalue weighted by atomic mass is 32.2. The van der Waals surface area contributed by atoms with Crippen molar-refractivity contribution >= 4 is 20.9 Å². The zero-order chi connectivity index (χ0) is 18.9. The van der Waals surface area contributed by atoms with Crippen LogP contribution in [0.25, 0.3) is 10.9 Å². The molecular weight excluding hydrogens is 360 g/mol. The first-order valence-electron chi connectivity index (χ1n) is 9.00. The monoisotopic (exact) mass is 382 g/mol. The summed E-state index contributed by atoms with van der Waals surface area (Å²) >= 11 is 0. The first kappa shape index (κ1) is 17.9. The van der Waals surface area contributed by atoms with Crippen molar-refractivity contribution in [3.63, 3.8) is 0 Å². The zero-order valence-electron chi connectivity index (χ0n) is 15.2. The molecule has 27 heavy (non-hydrogen) atoms. The van der Waals surface area contributed by atoms with Gasteiger partial charge in [0.25, 0.3) is 0 Å². The van der Waals surface area contributed by atoms with E-state index in [1.54, 1.807) is 13.3 Å². The number of para-hydroxylation sites is 1. The number of hydrogen-bond donors (Lipinski definition) is 1. The van der Waals surface area contributed by atoms with Crippen LogP contribution in [0, 0.1) is 0 Å². The van der Waals surface area contributed by atoms with Gasteiger partial charge in [-0.15, -0.1) is 0 Å². The quantitative estimate of drug-likeness (QED) is 0.705. The van der Waals surface area contributed by atoms with Gasteiger partial charge in [-0.25, -0.2) is 13.1 Å². The number of sulfonamides is 1. The molecular formula is C21H22N2O3S. The van der Waals surface area contributed by atoms with Crippen LogP contribution in [0.3, 0.4) is 0 Å². The van der Waals surface area contributed by atoms with Crippen molar-refractivity contribution in [2.24, 2.45) is 0 Å². The van der Waals surface area contributed by atoms with E-state index in [-0.39, 0.29) is 5.75 Å². The first-order chi connectivity index (χ1) is 13.0. The second kappa shape index (κ2) is 6.94. The molecule has 140 valence electrons. The molecule has 1 aliphatic rings. The Morgan fingerprint density at radius 2 is 1.89 bits per heavy atom. The number of ether oxygens (including phenoxy) is 1. The minimum absolute atomic E-state index is 0.0902. The topological polar surface area (TPSA) is 68.3 Å². The maximum atomic E-state index is 13.0. The van der Waals surface area contributed by atoms with E-state index >= 15 is 0 Å². The van der Waals surface area contributed by atoms with Crippen LogP contribution in [0.2, 0.25) is 0 Å². The van der Waals surface area contributed by atoms with Gasteiger partial charge in [-0.2, -0.15) is 0 Å². The summed E-state index contributed by atoms with van der Waals surface area (Å²) in [5.41, 5.74) is 1.84. The first-order valence-corrected chi connectivity index (χ1v) is 10.7. The van der Waals surface area contributed by atoms with Crippen molar-refractivity contribution in [2.45, 2.75) is 30.6 Å². The maximum Gasteiger partial charge on any atom is 0.216 e. The largest absolute Gasteiger partial charge is 0.497 e. The van der Waals surface area contributed by atoms with Crippen LogP contribution in [-0.2, 0) is 21.3 Å². The van der Waals surface area contributed by atoms with Gasteiger partial charge in [-0.05, 0) is 48.6 Å². The van der Waals surface area contributed by atoms with Crippen LogP contribution in [0.4, 0.5) is 0 Å². The average molecular weight is 382 g/mol. The summed E-state index contributed by atoms with van der Waals surface area (Å²) in [6.45, 7) is 0. The Hall–Kier alpha value is -2.44. The van der Waals surface area contributed by atoms with Gasteiger partial charge in [0.1, 0.15) is 5.75 Å². The van der Waals surface area contributed by atoms with Gasteiger partial charge in [0.2, 0.25) is 10.0 Å². The lowest BCUT2D eigenvalue weighted by Gasteiger charge is -2.42. The number of methoxy groups -OCH3 is 1. The molecule has 0 bridgehead atoms. The molecule has 1 aliphatic carbocycles. The second-order valence-corrected chi connectivity index (χ2v) is 8.74. The van der Waals surface area contributed by atoms with Crippen molar-refractivity contribution < 1.29 is 13.2 Å². The summed E-state index contributed by atoms with van der Waals surface area (Å²) in [6, 6.07) is 17.1. The second-order valence-electron chi connectivity index (χ2n) is 7.02. The number of hydrogen-bond acceptors (Lipinski definition) is 4. The average Bonchev–Trinajstić information content (AvgIpc) is 2.65. The fourth-order valence-electron chi connectivity index (χ4n) is 3.72. The molecule has 4 rings (SSSR count). The number of fused-ring (bicyclic) bond motifs is 1. The highest BCUT2D eigenvalue weighted by Crippen LogP contribution is 2.43. The van der Waals surface area contributed by atoms with Crippen LogP contribution in [0.1, 0.15) is 30.4 Å². The SMILES string of the molecule is COc1cccc(C2(NS(=O)(=O)Cc3cccc4cccnc34)CCC2)c1. The minimum atomic E-state index is -3.54. The standard InChI is InChI=1S/C21H22N2O3S/c1-26-19-10-3-9-18(14-19)21(11-5-12-21)23-27(24,25)15-17-7-2-6-16-8-4-13-22-20(16)17/h2-4,6-10,13-14,23H,5,11-12,15H2,1H3. The maximum absolute atomic E-state index is 13.0. The summed E-state index contributed by atoms with van der Waals surface area (Å²) in [5.74, 6) is 0.642. The molecule has 1 aromatic heterocycles. The van der Waals surface area contributed by atoms with Crippen LogP contribution in [0.15, 0.2) is 60.8 Å². The summed E-state index contributed by atoms with van der Waals surface area (Å²) in [7, 11) is -1.93. The molecule has 1 fully saturated rings. The molecule has 0 radical (unpaired) electrons. The van der Waals surface area contributed by atoms with E-state index in [0.717, 1.165) is 41.5 Å². The summed E-state index contributed by atoms with van der Waals surface area (Å²) in [4.78, 5) is 4.37. The van der Waals surface area contributed by atoms with Crippen LogP contribution < -0.4 is 9.46 Å². The molecule has 0 atom stereocenters. The Balaban J connectivity index is 1.63. The predicted molar refractivity (Wildman–Crippen MR) is 106 cm³/mol. The Labute approximate surface area is 159 Å². The number of pyridine rings is 1. The molecule has 0 spiro atoms. The molecule has 1 saturated carbocycles. The Morgan fingerprint density at radius 3 is 2.63 bits per heavy atom. The van der Waals surface area contributed by atoms with Gasteiger partial charge in [-0.1, -0.05) is 36.4 Å². The van der Waals surface area contributed by atoms with Crippen molar-refractivity contribution in [1.29, 1.82) is 0 Å². The number of nitrogens with zero attached hydrogens (tertiary/aromatic N) is 1. The molecule has 0 saturated heterocycles. The Kier molecular flexibility index (Phi) is 4.61. The van der Waals surface area contributed by atoms with Gasteiger partial charge < -0.3 is 4.74 Å². The molecule has 2 aromatic carbocycles. The Bertz CT molecular complexity index is 1070. The number of benzene rings is 2. The number of aromatic nitrogens is 1. The van der Waals surface area contributed by atoms with Gasteiger partial charge >= 0.3 is 0 Å². The third-order valence-corrected chi connectivity index (χ3v) is 6.63. The molecule has 5 nitrogen and oxygen atoms in total. The van der Waals surface area contributed by atoms with E-state index < -0.39 is 15.6 Å². The van der Waals surface area contributed by atoms with Crippen LogP contribution in [-0.4, -0.2) is 20.5 Å². The van der Waals surface area contributed by atoms with Crippen LogP contribution >= 0.6 is 0 Å². The highest BCUT2D eigenvalue weighted by Gasteiger charge is 2.42. The van der Waals surface area contributed by atoms with E-state index in [2.05, 4.69) is 9.71 Å². The van der Waals surface area contributed by atoms with Gasteiger partial charge in [-0.3, -0.25) is 4.98 Å². The summed E-state index contributed by atoms with van der Waals surface area (Å²) in [6.07, 6.45) is 4.26. The lowest BCUT2D eigenvalue weighted by atomic mass is 9.73. The van der Waals surface area contributed by atoms with E-state index in [1.165, 1.54) is 0 Å². The summed E-state index contributed by atoms with van der Waals surface area (Å²) < 4.78 is 34.3. The van der Waals surface area contributed by atoms with E-state index in [1.807, 2.05) is 54.6 Å². The minimum Gasteiger partial charge on any atom is -0.497 e. The van der Waals surface area contributed by atoms with Crippen molar-refractivity contribution in [3.05, 3.63) is 71.9 Å². The van der Waals surface area contributed by atoms with Gasteiger partial charge in [0.05, 0.1) is 23.9 Å². The molecule has 6 heteroatoms. The number of rotatable bonds is 6. The van der Waals surface area contributed by atoms with Crippen molar-refractivity contribution in [3.8, 4) is 5.75 Å². The van der Waals surface area contributed by atoms with Crippen molar-refractivity contribution in [1.82, 2.24) is 9.71 Å². The molecule has 1 N–H and O–H groups in total. The smallest absolute Gasteiger partial charge is 0.216 e. The fourth-order valence-corrected chi connectivity index (χ4v) is 5.35. The van der Waals surface area contributed by atoms with E-state index in [0.29, 0.717) is 5.56 Å². The molecule has 0 aliphatic heterocycles. The third-order valence-electron chi connectivity index (χ3n) is 5.24.